The van der Waals surface area contributed by atoms with Crippen LogP contribution < -0.4 is 5.32 Å². The molecule has 1 amide bonds. The summed E-state index contributed by atoms with van der Waals surface area (Å²) in [6.45, 7) is 2.36. The monoisotopic (exact) mass is 251 g/mol. The fraction of sp³-hybridized carbons (Fsp3) is 0.933. The van der Waals surface area contributed by atoms with E-state index in [1.54, 1.807) is 0 Å². The number of carbonyl (C=O) groups excluding carboxylic acids is 1. The second kappa shape index (κ2) is 4.52. The maximum absolute atomic E-state index is 12.3. The highest BCUT2D eigenvalue weighted by molar-refractivity contribution is 5.80. The van der Waals surface area contributed by atoms with Crippen molar-refractivity contribution in [3.8, 4) is 0 Å². The van der Waals surface area contributed by atoms with Gasteiger partial charge in [-0.3, -0.25) is 4.79 Å². The van der Waals surface area contributed by atoms with E-state index in [9.17, 15) is 9.90 Å². The van der Waals surface area contributed by atoms with Crippen LogP contribution in [0.15, 0.2) is 0 Å². The second-order valence-electron chi connectivity index (χ2n) is 7.03. The van der Waals surface area contributed by atoms with E-state index in [2.05, 4.69) is 12.2 Å². The minimum atomic E-state index is -0.309. The van der Waals surface area contributed by atoms with Crippen molar-refractivity contribution in [3.05, 3.63) is 0 Å². The van der Waals surface area contributed by atoms with Crippen LogP contribution in [0.4, 0.5) is 0 Å². The molecule has 3 nitrogen and oxygen atoms in total. The topological polar surface area (TPSA) is 49.3 Å². The van der Waals surface area contributed by atoms with E-state index in [1.165, 1.54) is 6.42 Å². The number of fused-ring (bicyclic) bond motifs is 1. The number of carbonyl (C=O) groups is 1. The summed E-state index contributed by atoms with van der Waals surface area (Å²) in [7, 11) is 0. The van der Waals surface area contributed by atoms with Gasteiger partial charge in [0.2, 0.25) is 5.91 Å². The van der Waals surface area contributed by atoms with Gasteiger partial charge in [0.25, 0.3) is 0 Å². The number of amides is 1. The van der Waals surface area contributed by atoms with E-state index in [-0.39, 0.29) is 24.0 Å². The molecule has 3 aliphatic carbocycles. The van der Waals surface area contributed by atoms with Crippen molar-refractivity contribution in [3.63, 3.8) is 0 Å². The van der Waals surface area contributed by atoms with Crippen LogP contribution in [0.2, 0.25) is 0 Å². The molecule has 18 heavy (non-hydrogen) atoms. The van der Waals surface area contributed by atoms with E-state index in [4.69, 9.17) is 0 Å². The maximum atomic E-state index is 12.3. The van der Waals surface area contributed by atoms with Gasteiger partial charge in [-0.25, -0.2) is 0 Å². The normalized spacial score (nSPS) is 46.6. The predicted molar refractivity (Wildman–Crippen MR) is 69.9 cm³/mol. The summed E-state index contributed by atoms with van der Waals surface area (Å²) in [5.74, 6) is 2.87. The molecule has 0 radical (unpaired) electrons. The largest absolute Gasteiger partial charge is 0.394 e. The van der Waals surface area contributed by atoms with Crippen molar-refractivity contribution >= 4 is 5.91 Å². The summed E-state index contributed by atoms with van der Waals surface area (Å²) in [5.41, 5.74) is -0.309. The molecule has 0 saturated heterocycles. The number of nitrogens with one attached hydrogen (secondary N) is 1. The van der Waals surface area contributed by atoms with Crippen LogP contribution >= 0.6 is 0 Å². The zero-order valence-electron chi connectivity index (χ0n) is 11.3. The molecule has 3 heteroatoms. The van der Waals surface area contributed by atoms with Gasteiger partial charge < -0.3 is 10.4 Å². The molecule has 3 aliphatic rings. The van der Waals surface area contributed by atoms with Crippen molar-refractivity contribution < 1.29 is 9.90 Å². The predicted octanol–water partition coefficient (Wildman–Crippen LogP) is 2.09. The lowest BCUT2D eigenvalue weighted by molar-refractivity contribution is -0.128. The third kappa shape index (κ3) is 2.29. The zero-order valence-corrected chi connectivity index (χ0v) is 11.3. The van der Waals surface area contributed by atoms with Gasteiger partial charge in [-0.05, 0) is 62.7 Å². The van der Waals surface area contributed by atoms with Gasteiger partial charge in [-0.2, -0.15) is 0 Å². The highest BCUT2D eigenvalue weighted by Gasteiger charge is 2.49. The molecule has 0 aromatic rings. The lowest BCUT2D eigenvalue weighted by atomic mass is 9.77. The maximum Gasteiger partial charge on any atom is 0.223 e. The molecule has 3 saturated carbocycles. The summed E-state index contributed by atoms with van der Waals surface area (Å²) in [5, 5.41) is 12.9. The van der Waals surface area contributed by atoms with Crippen molar-refractivity contribution in [1.82, 2.24) is 5.32 Å². The Balaban J connectivity index is 1.57. The standard InChI is InChI=1S/C15H25NO2/c1-10-2-4-15(9-17,5-3-10)16-14(18)13-7-11-6-12(11)8-13/h10-13,17H,2-9H2,1H3,(H,16,18). The van der Waals surface area contributed by atoms with Crippen LogP contribution in [0.3, 0.4) is 0 Å². The first-order valence-corrected chi connectivity index (χ1v) is 7.55. The summed E-state index contributed by atoms with van der Waals surface area (Å²) in [6, 6.07) is 0. The molecule has 0 heterocycles. The van der Waals surface area contributed by atoms with E-state index >= 15 is 0 Å². The van der Waals surface area contributed by atoms with Crippen LogP contribution in [0.5, 0.6) is 0 Å². The van der Waals surface area contributed by atoms with Crippen LogP contribution in [0.25, 0.3) is 0 Å². The lowest BCUT2D eigenvalue weighted by Gasteiger charge is -2.39. The van der Waals surface area contributed by atoms with Gasteiger partial charge in [-0.1, -0.05) is 6.92 Å². The summed E-state index contributed by atoms with van der Waals surface area (Å²) < 4.78 is 0. The fourth-order valence-corrected chi connectivity index (χ4v) is 3.93. The molecule has 2 atom stereocenters. The number of aliphatic hydroxyl groups is 1. The molecule has 0 aliphatic heterocycles. The van der Waals surface area contributed by atoms with Crippen LogP contribution in [-0.2, 0) is 4.79 Å². The number of rotatable bonds is 3. The first-order chi connectivity index (χ1) is 8.62. The quantitative estimate of drug-likeness (QED) is 0.807. The van der Waals surface area contributed by atoms with Gasteiger partial charge in [0.1, 0.15) is 0 Å². The minimum absolute atomic E-state index is 0.102. The number of hydrogen-bond acceptors (Lipinski definition) is 2. The lowest BCUT2D eigenvalue weighted by Crippen LogP contribution is -2.54. The Morgan fingerprint density at radius 1 is 1.22 bits per heavy atom. The van der Waals surface area contributed by atoms with Crippen molar-refractivity contribution in [2.45, 2.75) is 57.4 Å². The van der Waals surface area contributed by atoms with E-state index in [1.807, 2.05) is 0 Å². The van der Waals surface area contributed by atoms with Crippen LogP contribution in [0.1, 0.15) is 51.9 Å². The Hall–Kier alpha value is -0.570. The van der Waals surface area contributed by atoms with Gasteiger partial charge in [-0.15, -0.1) is 0 Å². The third-order valence-electron chi connectivity index (χ3n) is 5.54. The molecule has 3 rings (SSSR count). The van der Waals surface area contributed by atoms with E-state index in [0.29, 0.717) is 0 Å². The Bertz CT molecular complexity index is 323. The van der Waals surface area contributed by atoms with Gasteiger partial charge in [0.05, 0.1) is 12.1 Å². The molecular formula is C15H25NO2. The molecule has 0 bridgehead atoms. The molecule has 0 aromatic carbocycles. The van der Waals surface area contributed by atoms with Crippen LogP contribution in [-0.4, -0.2) is 23.2 Å². The molecule has 0 spiro atoms. The van der Waals surface area contributed by atoms with Crippen molar-refractivity contribution in [2.24, 2.45) is 23.7 Å². The second-order valence-corrected chi connectivity index (χ2v) is 7.03. The third-order valence-corrected chi connectivity index (χ3v) is 5.54. The highest BCUT2D eigenvalue weighted by atomic mass is 16.3. The van der Waals surface area contributed by atoms with Crippen molar-refractivity contribution in [2.75, 3.05) is 6.61 Å². The summed E-state index contributed by atoms with van der Waals surface area (Å²) >= 11 is 0. The summed E-state index contributed by atoms with van der Waals surface area (Å²) in [6.07, 6.45) is 7.66. The smallest absolute Gasteiger partial charge is 0.223 e. The minimum Gasteiger partial charge on any atom is -0.394 e. The molecule has 0 aromatic heterocycles. The Morgan fingerprint density at radius 2 is 1.83 bits per heavy atom. The molecular weight excluding hydrogens is 226 g/mol. The molecule has 3 fully saturated rings. The zero-order chi connectivity index (χ0) is 12.8. The van der Waals surface area contributed by atoms with Crippen molar-refractivity contribution in [1.29, 1.82) is 0 Å². The average molecular weight is 251 g/mol. The summed E-state index contributed by atoms with van der Waals surface area (Å²) in [4.78, 5) is 12.3. The molecule has 2 N–H and O–H groups in total. The molecule has 2 unspecified atom stereocenters. The highest BCUT2D eigenvalue weighted by Crippen LogP contribution is 2.54. The number of hydrogen-bond donors (Lipinski definition) is 2. The first kappa shape index (κ1) is 12.5. The Labute approximate surface area is 109 Å². The van der Waals surface area contributed by atoms with E-state index < -0.39 is 0 Å². The average Bonchev–Trinajstić information content (AvgIpc) is 2.99. The Kier molecular flexibility index (Phi) is 3.13. The number of aliphatic hydroxyl groups excluding tert-OH is 1. The fourth-order valence-electron chi connectivity index (χ4n) is 3.93. The SMILES string of the molecule is CC1CCC(CO)(NC(=O)C2CC3CC3C2)CC1. The molecule has 102 valence electrons. The van der Waals surface area contributed by atoms with Gasteiger partial charge in [0.15, 0.2) is 0 Å². The van der Waals surface area contributed by atoms with E-state index in [0.717, 1.165) is 56.3 Å². The van der Waals surface area contributed by atoms with Crippen LogP contribution in [0, 0.1) is 23.7 Å². The van der Waals surface area contributed by atoms with Gasteiger partial charge in [0, 0.05) is 5.92 Å². The Morgan fingerprint density at radius 3 is 2.39 bits per heavy atom. The first-order valence-electron chi connectivity index (χ1n) is 7.55. The van der Waals surface area contributed by atoms with Gasteiger partial charge >= 0.3 is 0 Å².